The topological polar surface area (TPSA) is 90.7 Å². The highest BCUT2D eigenvalue weighted by Crippen LogP contribution is 2.42. The first-order valence-corrected chi connectivity index (χ1v) is 7.07. The second-order valence-corrected chi connectivity index (χ2v) is 5.89. The van der Waals surface area contributed by atoms with Gasteiger partial charge in [-0.2, -0.15) is 4.98 Å². The molecule has 8 heteroatoms. The summed E-state index contributed by atoms with van der Waals surface area (Å²) in [5, 5.41) is 2.36. The molecular weight excluding hydrogens is 300 g/mol. The van der Waals surface area contributed by atoms with Gasteiger partial charge in [0.25, 0.3) is 0 Å². The Morgan fingerprint density at radius 2 is 2.10 bits per heavy atom. The normalized spacial score (nSPS) is 14.7. The lowest BCUT2D eigenvalue weighted by Gasteiger charge is -2.18. The average molecular weight is 317 g/mol. The number of hydrogen-bond donors (Lipinski definition) is 1. The Morgan fingerprint density at radius 3 is 2.62 bits per heavy atom. The number of rotatable bonds is 4. The number of nitrogens with one attached hydrogen (secondary N) is 1. The zero-order valence-electron chi connectivity index (χ0n) is 12.1. The van der Waals surface area contributed by atoms with Crippen molar-refractivity contribution in [3.05, 3.63) is 11.5 Å². The highest BCUT2D eigenvalue weighted by molar-refractivity contribution is 6.17. The minimum Gasteiger partial charge on any atom is -0.443 e. The third-order valence-corrected chi connectivity index (χ3v) is 2.71. The number of hydrogen-bond acceptors (Lipinski definition) is 6. The molecule has 0 bridgehead atoms. The number of ether oxygens (including phenoxy) is 2. The molecule has 0 atom stereocenters. The fourth-order valence-electron chi connectivity index (χ4n) is 1.67. The van der Waals surface area contributed by atoms with Gasteiger partial charge in [0, 0.05) is 5.92 Å². The summed E-state index contributed by atoms with van der Waals surface area (Å²) in [7, 11) is 0. The number of halogens is 1. The van der Waals surface area contributed by atoms with Gasteiger partial charge in [-0.15, -0.1) is 0 Å². The van der Waals surface area contributed by atoms with Crippen molar-refractivity contribution in [2.24, 2.45) is 0 Å². The van der Waals surface area contributed by atoms with E-state index in [4.69, 9.17) is 25.5 Å². The molecule has 1 heterocycles. The number of anilines is 1. The van der Waals surface area contributed by atoms with Crippen molar-refractivity contribution in [3.8, 4) is 0 Å². The standard InChI is InChI=1S/C13H17ClN2O5/c1-13(2,3)21-12(18)16-11-15-8(7-4-5-7)9(20-11)10(17)19-6-14/h7H,4-6H2,1-3H3,(H,15,16,18). The number of carbonyl (C=O) groups is 2. The third-order valence-electron chi connectivity index (χ3n) is 2.60. The minimum absolute atomic E-state index is 0.0239. The van der Waals surface area contributed by atoms with Crippen LogP contribution in [0.1, 0.15) is 55.8 Å². The summed E-state index contributed by atoms with van der Waals surface area (Å²) in [6.07, 6.45) is 1.13. The number of nitrogens with zero attached hydrogens (tertiary/aromatic N) is 1. The Balaban J connectivity index is 2.12. The van der Waals surface area contributed by atoms with Crippen molar-refractivity contribution in [1.82, 2.24) is 4.98 Å². The monoisotopic (exact) mass is 316 g/mol. The lowest BCUT2D eigenvalue weighted by atomic mass is 10.2. The van der Waals surface area contributed by atoms with Crippen molar-refractivity contribution < 1.29 is 23.5 Å². The maximum absolute atomic E-state index is 11.7. The highest BCUT2D eigenvalue weighted by atomic mass is 35.5. The van der Waals surface area contributed by atoms with Crippen LogP contribution in [0.4, 0.5) is 10.8 Å². The van der Waals surface area contributed by atoms with E-state index in [1.807, 2.05) is 0 Å². The second kappa shape index (κ2) is 5.93. The number of alkyl halides is 1. The molecule has 7 nitrogen and oxygen atoms in total. The van der Waals surface area contributed by atoms with Crippen molar-refractivity contribution in [3.63, 3.8) is 0 Å². The Kier molecular flexibility index (Phi) is 4.41. The van der Waals surface area contributed by atoms with Crippen LogP contribution in [0.2, 0.25) is 0 Å². The van der Waals surface area contributed by atoms with Crippen LogP contribution < -0.4 is 5.32 Å². The fraction of sp³-hybridized carbons (Fsp3) is 0.615. The van der Waals surface area contributed by atoms with Crippen molar-refractivity contribution in [2.45, 2.75) is 45.1 Å². The maximum atomic E-state index is 11.7. The molecule has 0 spiro atoms. The summed E-state index contributed by atoms with van der Waals surface area (Å²) in [4.78, 5) is 27.5. The second-order valence-electron chi connectivity index (χ2n) is 5.68. The van der Waals surface area contributed by atoms with Crippen LogP contribution in [0.3, 0.4) is 0 Å². The largest absolute Gasteiger partial charge is 0.443 e. The van der Waals surface area contributed by atoms with Gasteiger partial charge in [-0.05, 0) is 33.6 Å². The summed E-state index contributed by atoms with van der Waals surface area (Å²) in [5.41, 5.74) is -0.160. The first-order valence-electron chi connectivity index (χ1n) is 6.54. The lowest BCUT2D eigenvalue weighted by molar-refractivity contribution is 0.0532. The SMILES string of the molecule is CC(C)(C)OC(=O)Nc1nc(C2CC2)c(C(=O)OCCl)o1. The maximum Gasteiger partial charge on any atom is 0.415 e. The first-order chi connectivity index (χ1) is 9.80. The quantitative estimate of drug-likeness (QED) is 0.677. The van der Waals surface area contributed by atoms with E-state index in [1.165, 1.54) is 0 Å². The number of amides is 1. The molecule has 0 aliphatic heterocycles. The van der Waals surface area contributed by atoms with E-state index < -0.39 is 17.7 Å². The van der Waals surface area contributed by atoms with E-state index in [2.05, 4.69) is 10.3 Å². The van der Waals surface area contributed by atoms with E-state index in [0.717, 1.165) is 12.8 Å². The van der Waals surface area contributed by atoms with E-state index in [1.54, 1.807) is 20.8 Å². The zero-order chi connectivity index (χ0) is 15.6. The molecule has 116 valence electrons. The molecule has 21 heavy (non-hydrogen) atoms. The number of oxazole rings is 1. The molecule has 1 fully saturated rings. The van der Waals surface area contributed by atoms with Crippen LogP contribution in [0.5, 0.6) is 0 Å². The molecule has 1 amide bonds. The van der Waals surface area contributed by atoms with Crippen LogP contribution in [0.15, 0.2) is 4.42 Å². The van der Waals surface area contributed by atoms with Crippen LogP contribution in [0.25, 0.3) is 0 Å². The van der Waals surface area contributed by atoms with Gasteiger partial charge in [0.05, 0.1) is 5.69 Å². The average Bonchev–Trinajstić information content (AvgIpc) is 3.09. The van der Waals surface area contributed by atoms with Gasteiger partial charge >= 0.3 is 18.1 Å². The molecule has 0 aromatic carbocycles. The van der Waals surface area contributed by atoms with Crippen molar-refractivity contribution >= 4 is 29.7 Å². The number of aromatic nitrogens is 1. The minimum atomic E-state index is -0.705. The Bertz CT molecular complexity index is 545. The molecule has 2 rings (SSSR count). The molecule has 1 N–H and O–H groups in total. The smallest absolute Gasteiger partial charge is 0.415 e. The molecule has 1 saturated carbocycles. The van der Waals surface area contributed by atoms with Gasteiger partial charge in [0.1, 0.15) is 5.60 Å². The van der Waals surface area contributed by atoms with E-state index in [9.17, 15) is 9.59 Å². The summed E-state index contributed by atoms with van der Waals surface area (Å²) in [6, 6.07) is -0.369. The summed E-state index contributed by atoms with van der Waals surface area (Å²) < 4.78 is 15.0. The number of esters is 1. The van der Waals surface area contributed by atoms with Gasteiger partial charge in [-0.1, -0.05) is 11.6 Å². The molecule has 0 radical (unpaired) electrons. The number of carbonyl (C=O) groups excluding carboxylic acids is 2. The predicted molar refractivity (Wildman–Crippen MR) is 74.5 cm³/mol. The Hall–Kier alpha value is -1.76. The predicted octanol–water partition coefficient (Wildman–Crippen LogP) is 3.25. The Morgan fingerprint density at radius 1 is 1.43 bits per heavy atom. The molecule has 1 aliphatic carbocycles. The van der Waals surface area contributed by atoms with Crippen LogP contribution in [0, 0.1) is 0 Å². The fourth-order valence-corrected chi connectivity index (χ4v) is 1.77. The van der Waals surface area contributed by atoms with Gasteiger partial charge in [0.15, 0.2) is 6.07 Å². The van der Waals surface area contributed by atoms with Crippen LogP contribution in [-0.2, 0) is 9.47 Å². The van der Waals surface area contributed by atoms with Gasteiger partial charge in [-0.3, -0.25) is 0 Å². The lowest BCUT2D eigenvalue weighted by Crippen LogP contribution is -2.27. The van der Waals surface area contributed by atoms with E-state index in [0.29, 0.717) is 5.69 Å². The Labute approximate surface area is 126 Å². The molecule has 1 aromatic rings. The molecule has 0 saturated heterocycles. The molecule has 0 unspecified atom stereocenters. The van der Waals surface area contributed by atoms with Gasteiger partial charge < -0.3 is 13.9 Å². The highest BCUT2D eigenvalue weighted by Gasteiger charge is 2.34. The van der Waals surface area contributed by atoms with Crippen molar-refractivity contribution in [1.29, 1.82) is 0 Å². The zero-order valence-corrected chi connectivity index (χ0v) is 12.8. The van der Waals surface area contributed by atoms with Crippen molar-refractivity contribution in [2.75, 3.05) is 11.4 Å². The molecule has 1 aromatic heterocycles. The third kappa shape index (κ3) is 4.35. The van der Waals surface area contributed by atoms with Gasteiger partial charge in [-0.25, -0.2) is 14.9 Å². The van der Waals surface area contributed by atoms with Crippen LogP contribution in [-0.4, -0.2) is 28.7 Å². The van der Waals surface area contributed by atoms with Gasteiger partial charge in [0.2, 0.25) is 5.76 Å². The summed E-state index contributed by atoms with van der Waals surface area (Å²) in [5.74, 6) is -0.568. The van der Waals surface area contributed by atoms with E-state index in [-0.39, 0.29) is 23.8 Å². The summed E-state index contributed by atoms with van der Waals surface area (Å²) >= 11 is 5.36. The van der Waals surface area contributed by atoms with Crippen LogP contribution >= 0.6 is 11.6 Å². The summed E-state index contributed by atoms with van der Waals surface area (Å²) in [6.45, 7) is 5.21. The first kappa shape index (κ1) is 15.6. The van der Waals surface area contributed by atoms with E-state index >= 15 is 0 Å². The molecule has 1 aliphatic rings. The molecular formula is C13H17ClN2O5.